The molecular formula is C20H26N4O5. The predicted octanol–water partition coefficient (Wildman–Crippen LogP) is 1.32. The Hall–Kier alpha value is -2.94. The number of benzene rings is 1. The zero-order chi connectivity index (χ0) is 20.6. The van der Waals surface area contributed by atoms with Crippen LogP contribution in [0.4, 0.5) is 0 Å². The molecular weight excluding hydrogens is 376 g/mol. The van der Waals surface area contributed by atoms with E-state index in [4.69, 9.17) is 14.2 Å². The van der Waals surface area contributed by atoms with Crippen LogP contribution in [0, 0.1) is 5.92 Å². The zero-order valence-corrected chi connectivity index (χ0v) is 16.7. The highest BCUT2D eigenvalue weighted by Crippen LogP contribution is 2.31. The van der Waals surface area contributed by atoms with Crippen LogP contribution in [0.2, 0.25) is 0 Å². The highest BCUT2D eigenvalue weighted by molar-refractivity contribution is 5.76. The fourth-order valence-corrected chi connectivity index (χ4v) is 2.72. The maximum absolute atomic E-state index is 12.3. The van der Waals surface area contributed by atoms with Gasteiger partial charge in [0.1, 0.15) is 12.3 Å². The molecule has 0 bridgehead atoms. The summed E-state index contributed by atoms with van der Waals surface area (Å²) in [7, 11) is 3.14. The molecule has 1 aliphatic carbocycles. The topological polar surface area (TPSA) is 115 Å². The lowest BCUT2D eigenvalue weighted by Gasteiger charge is -2.11. The Morgan fingerprint density at radius 2 is 2.03 bits per heavy atom. The van der Waals surface area contributed by atoms with Gasteiger partial charge in [0.15, 0.2) is 17.3 Å². The molecule has 1 aromatic carbocycles. The number of aromatic amines is 1. The molecule has 9 nitrogen and oxygen atoms in total. The number of ether oxygens (including phenoxy) is 3. The number of hydrogen-bond acceptors (Lipinski definition) is 7. The number of aryl methyl sites for hydroxylation is 1. The molecule has 0 spiro atoms. The van der Waals surface area contributed by atoms with E-state index in [1.54, 1.807) is 25.3 Å². The first-order valence-corrected chi connectivity index (χ1v) is 9.63. The summed E-state index contributed by atoms with van der Waals surface area (Å²) < 4.78 is 15.9. The SMILES string of the molecule is COCCOc1ccc(-c2nnc(CCC(=O)NCC3CC3)c(=O)[nH]2)cc1OC. The molecule has 0 aliphatic heterocycles. The first-order chi connectivity index (χ1) is 14.1. The summed E-state index contributed by atoms with van der Waals surface area (Å²) in [6.45, 7) is 1.57. The van der Waals surface area contributed by atoms with Crippen molar-refractivity contribution in [3.05, 3.63) is 34.2 Å². The van der Waals surface area contributed by atoms with E-state index >= 15 is 0 Å². The largest absolute Gasteiger partial charge is 0.493 e. The van der Waals surface area contributed by atoms with Gasteiger partial charge in [0.2, 0.25) is 5.91 Å². The molecule has 1 amide bonds. The zero-order valence-electron chi connectivity index (χ0n) is 16.7. The molecule has 0 atom stereocenters. The quantitative estimate of drug-likeness (QED) is 0.545. The summed E-state index contributed by atoms with van der Waals surface area (Å²) in [5, 5.41) is 11.0. The van der Waals surface area contributed by atoms with Crippen LogP contribution in [0.25, 0.3) is 11.4 Å². The third kappa shape index (κ3) is 6.02. The van der Waals surface area contributed by atoms with Gasteiger partial charge in [-0.15, -0.1) is 10.2 Å². The fraction of sp³-hybridized carbons (Fsp3) is 0.500. The van der Waals surface area contributed by atoms with E-state index in [1.165, 1.54) is 20.0 Å². The minimum absolute atomic E-state index is 0.0732. The molecule has 1 aromatic heterocycles. The van der Waals surface area contributed by atoms with Gasteiger partial charge >= 0.3 is 0 Å². The van der Waals surface area contributed by atoms with Gasteiger partial charge in [-0.2, -0.15) is 0 Å². The minimum Gasteiger partial charge on any atom is -0.493 e. The van der Waals surface area contributed by atoms with Gasteiger partial charge in [-0.05, 0) is 37.0 Å². The number of nitrogens with one attached hydrogen (secondary N) is 2. The maximum Gasteiger partial charge on any atom is 0.273 e. The Morgan fingerprint density at radius 3 is 2.72 bits per heavy atom. The second-order valence-corrected chi connectivity index (χ2v) is 6.90. The van der Waals surface area contributed by atoms with Crippen molar-refractivity contribution in [1.82, 2.24) is 20.5 Å². The van der Waals surface area contributed by atoms with Gasteiger partial charge in [0, 0.05) is 32.1 Å². The summed E-state index contributed by atoms with van der Waals surface area (Å²) in [5.41, 5.74) is 0.519. The van der Waals surface area contributed by atoms with Gasteiger partial charge in [0.05, 0.1) is 13.7 Å². The molecule has 1 heterocycles. The maximum atomic E-state index is 12.3. The van der Waals surface area contributed by atoms with E-state index in [2.05, 4.69) is 20.5 Å². The molecule has 1 aliphatic rings. The number of carbonyl (C=O) groups is 1. The van der Waals surface area contributed by atoms with Gasteiger partial charge in [-0.3, -0.25) is 9.59 Å². The van der Waals surface area contributed by atoms with Crippen LogP contribution < -0.4 is 20.3 Å². The van der Waals surface area contributed by atoms with Crippen molar-refractivity contribution in [1.29, 1.82) is 0 Å². The number of aromatic nitrogens is 3. The highest BCUT2D eigenvalue weighted by Gasteiger charge is 2.21. The van der Waals surface area contributed by atoms with Crippen LogP contribution in [0.3, 0.4) is 0 Å². The average Bonchev–Trinajstić information content (AvgIpc) is 3.56. The molecule has 3 rings (SSSR count). The van der Waals surface area contributed by atoms with Crippen molar-refractivity contribution in [3.63, 3.8) is 0 Å². The third-order valence-electron chi connectivity index (χ3n) is 4.62. The van der Waals surface area contributed by atoms with Crippen LogP contribution in [0.1, 0.15) is 25.0 Å². The number of rotatable bonds is 11. The van der Waals surface area contributed by atoms with Gasteiger partial charge in [-0.25, -0.2) is 0 Å². The molecule has 1 saturated carbocycles. The Kier molecular flexibility index (Phi) is 7.18. The third-order valence-corrected chi connectivity index (χ3v) is 4.62. The standard InChI is InChI=1S/C20H26N4O5/c1-27-9-10-29-16-7-5-14(11-17(16)28-2)19-22-20(26)15(23-24-19)6-8-18(25)21-12-13-3-4-13/h5,7,11,13H,3-4,6,8-10,12H2,1-2H3,(H,21,25)(H,22,24,26). The lowest BCUT2D eigenvalue weighted by atomic mass is 10.2. The highest BCUT2D eigenvalue weighted by atomic mass is 16.5. The number of hydrogen-bond donors (Lipinski definition) is 2. The van der Waals surface area contributed by atoms with E-state index in [0.717, 1.165) is 0 Å². The van der Waals surface area contributed by atoms with E-state index in [9.17, 15) is 9.59 Å². The lowest BCUT2D eigenvalue weighted by Crippen LogP contribution is -2.27. The van der Waals surface area contributed by atoms with Crippen molar-refractivity contribution in [2.45, 2.75) is 25.7 Å². The second kappa shape index (κ2) is 10.0. The minimum atomic E-state index is -0.357. The summed E-state index contributed by atoms with van der Waals surface area (Å²) >= 11 is 0. The average molecular weight is 402 g/mol. The Labute approximate surface area is 168 Å². The molecule has 0 unspecified atom stereocenters. The summed E-state index contributed by atoms with van der Waals surface area (Å²) in [6.07, 6.45) is 2.82. The molecule has 2 aromatic rings. The van der Waals surface area contributed by atoms with Crippen LogP contribution in [-0.4, -0.2) is 55.1 Å². The first-order valence-electron chi connectivity index (χ1n) is 9.63. The molecule has 1 fully saturated rings. The van der Waals surface area contributed by atoms with Crippen LogP contribution >= 0.6 is 0 Å². The number of amides is 1. The van der Waals surface area contributed by atoms with Crippen molar-refractivity contribution in [2.24, 2.45) is 5.92 Å². The fourth-order valence-electron chi connectivity index (χ4n) is 2.72. The Balaban J connectivity index is 1.64. The molecule has 9 heteroatoms. The summed E-state index contributed by atoms with van der Waals surface area (Å²) in [5.74, 6) is 1.94. The van der Waals surface area contributed by atoms with Crippen molar-refractivity contribution >= 4 is 5.91 Å². The monoisotopic (exact) mass is 402 g/mol. The predicted molar refractivity (Wildman–Crippen MR) is 106 cm³/mol. The van der Waals surface area contributed by atoms with Crippen molar-refractivity contribution in [2.75, 3.05) is 34.0 Å². The molecule has 0 saturated heterocycles. The number of methoxy groups -OCH3 is 2. The number of nitrogens with zero attached hydrogens (tertiary/aromatic N) is 2. The van der Waals surface area contributed by atoms with E-state index in [0.29, 0.717) is 48.6 Å². The van der Waals surface area contributed by atoms with E-state index in [-0.39, 0.29) is 30.0 Å². The van der Waals surface area contributed by atoms with Crippen LogP contribution in [-0.2, 0) is 16.0 Å². The van der Waals surface area contributed by atoms with E-state index in [1.807, 2.05) is 0 Å². The summed E-state index contributed by atoms with van der Waals surface area (Å²) in [4.78, 5) is 26.9. The van der Waals surface area contributed by atoms with Gasteiger partial charge in [0.25, 0.3) is 5.56 Å². The van der Waals surface area contributed by atoms with Gasteiger partial charge in [-0.1, -0.05) is 0 Å². The smallest absolute Gasteiger partial charge is 0.273 e. The Bertz CT molecular complexity index is 895. The second-order valence-electron chi connectivity index (χ2n) is 6.90. The number of carbonyl (C=O) groups excluding carboxylic acids is 1. The van der Waals surface area contributed by atoms with Gasteiger partial charge < -0.3 is 24.5 Å². The van der Waals surface area contributed by atoms with Crippen LogP contribution in [0.5, 0.6) is 11.5 Å². The lowest BCUT2D eigenvalue weighted by molar-refractivity contribution is -0.121. The normalized spacial score (nSPS) is 13.2. The van der Waals surface area contributed by atoms with E-state index < -0.39 is 0 Å². The molecule has 156 valence electrons. The molecule has 29 heavy (non-hydrogen) atoms. The molecule has 2 N–H and O–H groups in total. The summed E-state index contributed by atoms with van der Waals surface area (Å²) in [6, 6.07) is 5.21. The van der Waals surface area contributed by atoms with Crippen LogP contribution in [0.15, 0.2) is 23.0 Å². The van der Waals surface area contributed by atoms with Crippen molar-refractivity contribution in [3.8, 4) is 22.9 Å². The number of H-pyrrole nitrogens is 1. The van der Waals surface area contributed by atoms with Crippen molar-refractivity contribution < 1.29 is 19.0 Å². The first kappa shape index (κ1) is 20.8. The Morgan fingerprint density at radius 1 is 1.21 bits per heavy atom. The molecule has 0 radical (unpaired) electrons.